The molecule has 1 aliphatic heterocycles. The lowest BCUT2D eigenvalue weighted by Gasteiger charge is -2.15. The molecule has 1 aliphatic rings. The Labute approximate surface area is 119 Å². The summed E-state index contributed by atoms with van der Waals surface area (Å²) in [7, 11) is 0. The van der Waals surface area contributed by atoms with Crippen LogP contribution >= 0.6 is 0 Å². The number of ether oxygens (including phenoxy) is 1. The maximum atomic E-state index is 11.8. The first-order valence-electron chi connectivity index (χ1n) is 7.16. The maximum Gasteiger partial charge on any atom is 0.237 e. The molecule has 1 aromatic rings. The van der Waals surface area contributed by atoms with E-state index >= 15 is 0 Å². The zero-order chi connectivity index (χ0) is 14.4. The largest absolute Gasteiger partial charge is 0.504 e. The lowest BCUT2D eigenvalue weighted by molar-refractivity contribution is -0.122. The highest BCUT2D eigenvalue weighted by Gasteiger charge is 2.19. The molecule has 1 unspecified atom stereocenters. The minimum Gasteiger partial charge on any atom is -0.504 e. The van der Waals surface area contributed by atoms with Crippen molar-refractivity contribution in [2.75, 3.05) is 13.2 Å². The summed E-state index contributed by atoms with van der Waals surface area (Å²) < 4.78 is 5.35. The highest BCUT2D eigenvalue weighted by Crippen LogP contribution is 2.26. The number of phenols is 1. The molecule has 1 saturated heterocycles. The molecule has 1 fully saturated rings. The highest BCUT2D eigenvalue weighted by atomic mass is 16.5. The predicted octanol–water partition coefficient (Wildman–Crippen LogP) is 1.55. The summed E-state index contributed by atoms with van der Waals surface area (Å²) in [6.45, 7) is 3.73. The zero-order valence-electron chi connectivity index (χ0n) is 11.8. The maximum absolute atomic E-state index is 11.8. The molecule has 0 spiro atoms. The van der Waals surface area contributed by atoms with Gasteiger partial charge in [-0.3, -0.25) is 4.79 Å². The standard InChI is InChI=1S/C15H22N2O3/c1-2-20-14-9-11(6-7-13(14)18)10-17-12-5-3-4-8-16-15(12)19/h6-7,9,12,17-18H,2-5,8,10H2,1H3,(H,16,19). The van der Waals surface area contributed by atoms with E-state index in [4.69, 9.17) is 4.74 Å². The van der Waals surface area contributed by atoms with Gasteiger partial charge in [0.2, 0.25) is 5.91 Å². The normalized spacial score (nSPS) is 19.2. The van der Waals surface area contributed by atoms with Crippen LogP contribution in [-0.4, -0.2) is 30.2 Å². The van der Waals surface area contributed by atoms with Crippen molar-refractivity contribution in [3.8, 4) is 11.5 Å². The van der Waals surface area contributed by atoms with Gasteiger partial charge in [-0.15, -0.1) is 0 Å². The Balaban J connectivity index is 1.95. The molecule has 110 valence electrons. The molecule has 5 heteroatoms. The highest BCUT2D eigenvalue weighted by molar-refractivity contribution is 5.81. The number of hydrogen-bond donors (Lipinski definition) is 3. The first-order valence-corrected chi connectivity index (χ1v) is 7.16. The van der Waals surface area contributed by atoms with E-state index in [0.717, 1.165) is 31.4 Å². The average molecular weight is 278 g/mol. The quantitative estimate of drug-likeness (QED) is 0.764. The lowest BCUT2D eigenvalue weighted by Crippen LogP contribution is -2.42. The number of hydrogen-bond acceptors (Lipinski definition) is 4. The summed E-state index contributed by atoms with van der Waals surface area (Å²) in [5, 5.41) is 15.8. The molecule has 1 heterocycles. The van der Waals surface area contributed by atoms with E-state index in [1.54, 1.807) is 12.1 Å². The van der Waals surface area contributed by atoms with Crippen LogP contribution in [0.1, 0.15) is 31.7 Å². The minimum absolute atomic E-state index is 0.0753. The van der Waals surface area contributed by atoms with Crippen LogP contribution in [0.15, 0.2) is 18.2 Å². The molecule has 5 nitrogen and oxygen atoms in total. The Kier molecular flexibility index (Phi) is 5.24. The van der Waals surface area contributed by atoms with E-state index in [0.29, 0.717) is 18.9 Å². The topological polar surface area (TPSA) is 70.6 Å². The molecule has 2 rings (SSSR count). The Bertz CT molecular complexity index is 462. The third kappa shape index (κ3) is 3.87. The van der Waals surface area contributed by atoms with Crippen LogP contribution in [0.4, 0.5) is 0 Å². The van der Waals surface area contributed by atoms with Gasteiger partial charge >= 0.3 is 0 Å². The van der Waals surface area contributed by atoms with Crippen molar-refractivity contribution in [3.63, 3.8) is 0 Å². The fraction of sp³-hybridized carbons (Fsp3) is 0.533. The molecule has 0 saturated carbocycles. The lowest BCUT2D eigenvalue weighted by atomic mass is 10.1. The number of rotatable bonds is 5. The van der Waals surface area contributed by atoms with E-state index in [1.165, 1.54) is 0 Å². The fourth-order valence-corrected chi connectivity index (χ4v) is 2.31. The SMILES string of the molecule is CCOc1cc(CNC2CCCCNC2=O)ccc1O. The number of carbonyl (C=O) groups excluding carboxylic acids is 1. The van der Waals surface area contributed by atoms with Crippen LogP contribution < -0.4 is 15.4 Å². The van der Waals surface area contributed by atoms with Gasteiger partial charge in [-0.05, 0) is 43.9 Å². The number of amides is 1. The Hall–Kier alpha value is -1.75. The van der Waals surface area contributed by atoms with Crippen molar-refractivity contribution >= 4 is 5.91 Å². The van der Waals surface area contributed by atoms with Gasteiger partial charge < -0.3 is 20.5 Å². The van der Waals surface area contributed by atoms with Crippen molar-refractivity contribution in [3.05, 3.63) is 23.8 Å². The van der Waals surface area contributed by atoms with Crippen molar-refractivity contribution in [2.24, 2.45) is 0 Å². The van der Waals surface area contributed by atoms with Crippen molar-refractivity contribution in [1.29, 1.82) is 0 Å². The molecule has 1 atom stereocenters. The van der Waals surface area contributed by atoms with Gasteiger partial charge in [0.25, 0.3) is 0 Å². The smallest absolute Gasteiger partial charge is 0.237 e. The second-order valence-electron chi connectivity index (χ2n) is 4.96. The number of aromatic hydroxyl groups is 1. The molecule has 0 bridgehead atoms. The number of benzene rings is 1. The van der Waals surface area contributed by atoms with Gasteiger partial charge in [-0.25, -0.2) is 0 Å². The van der Waals surface area contributed by atoms with Gasteiger partial charge in [-0.1, -0.05) is 6.07 Å². The molecular weight excluding hydrogens is 256 g/mol. The molecule has 1 aromatic carbocycles. The van der Waals surface area contributed by atoms with Crippen molar-refractivity contribution in [2.45, 2.75) is 38.8 Å². The van der Waals surface area contributed by atoms with E-state index in [9.17, 15) is 9.90 Å². The third-order valence-corrected chi connectivity index (χ3v) is 3.41. The van der Waals surface area contributed by atoms with Crippen molar-refractivity contribution < 1.29 is 14.6 Å². The summed E-state index contributed by atoms with van der Waals surface area (Å²) >= 11 is 0. The second-order valence-corrected chi connectivity index (χ2v) is 4.96. The fourth-order valence-electron chi connectivity index (χ4n) is 2.31. The van der Waals surface area contributed by atoms with Gasteiger partial charge in [-0.2, -0.15) is 0 Å². The first kappa shape index (κ1) is 14.7. The van der Waals surface area contributed by atoms with Gasteiger partial charge in [0.15, 0.2) is 11.5 Å². The van der Waals surface area contributed by atoms with Crippen LogP contribution in [0.3, 0.4) is 0 Å². The van der Waals surface area contributed by atoms with Crippen molar-refractivity contribution in [1.82, 2.24) is 10.6 Å². The third-order valence-electron chi connectivity index (χ3n) is 3.41. The van der Waals surface area contributed by atoms with Gasteiger partial charge in [0.1, 0.15) is 0 Å². The molecule has 3 N–H and O–H groups in total. The monoisotopic (exact) mass is 278 g/mol. The van der Waals surface area contributed by atoms with Crippen LogP contribution in [-0.2, 0) is 11.3 Å². The molecule has 20 heavy (non-hydrogen) atoms. The van der Waals surface area contributed by atoms with Crippen LogP contribution in [0, 0.1) is 0 Å². The average Bonchev–Trinajstić information content (AvgIpc) is 2.65. The summed E-state index contributed by atoms with van der Waals surface area (Å²) in [6, 6.07) is 5.12. The van der Waals surface area contributed by atoms with Crippen LogP contribution in [0.5, 0.6) is 11.5 Å². The molecule has 0 aliphatic carbocycles. The number of phenolic OH excluding ortho intramolecular Hbond substituents is 1. The summed E-state index contributed by atoms with van der Waals surface area (Å²) in [5.74, 6) is 0.700. The van der Waals surface area contributed by atoms with Gasteiger partial charge in [0, 0.05) is 13.1 Å². The summed E-state index contributed by atoms with van der Waals surface area (Å²) in [5.41, 5.74) is 0.989. The second kappa shape index (κ2) is 7.14. The zero-order valence-corrected chi connectivity index (χ0v) is 11.8. The van der Waals surface area contributed by atoms with Crippen LogP contribution in [0.2, 0.25) is 0 Å². The van der Waals surface area contributed by atoms with Crippen LogP contribution in [0.25, 0.3) is 0 Å². The minimum atomic E-state index is -0.137. The molecular formula is C15H22N2O3. The summed E-state index contributed by atoms with van der Waals surface area (Å²) in [6.07, 6.45) is 2.95. The molecule has 0 aromatic heterocycles. The number of carbonyl (C=O) groups is 1. The molecule has 1 amide bonds. The Morgan fingerprint density at radius 1 is 1.45 bits per heavy atom. The van der Waals surface area contributed by atoms with E-state index < -0.39 is 0 Å². The van der Waals surface area contributed by atoms with Gasteiger partial charge in [0.05, 0.1) is 12.6 Å². The Morgan fingerprint density at radius 2 is 2.30 bits per heavy atom. The van der Waals surface area contributed by atoms with E-state index in [2.05, 4.69) is 10.6 Å². The molecule has 0 radical (unpaired) electrons. The number of nitrogens with one attached hydrogen (secondary N) is 2. The summed E-state index contributed by atoms with van der Waals surface area (Å²) in [4.78, 5) is 11.8. The Morgan fingerprint density at radius 3 is 3.10 bits per heavy atom. The van der Waals surface area contributed by atoms with E-state index in [-0.39, 0.29) is 17.7 Å². The first-order chi connectivity index (χ1) is 9.70. The van der Waals surface area contributed by atoms with E-state index in [1.807, 2.05) is 13.0 Å². The predicted molar refractivity (Wildman–Crippen MR) is 76.8 cm³/mol.